The summed E-state index contributed by atoms with van der Waals surface area (Å²) in [6.45, 7) is 0. The second kappa shape index (κ2) is 8.54. The minimum Gasteiger partial charge on any atom is -0.0928 e. The van der Waals surface area contributed by atoms with Gasteiger partial charge in [-0.1, -0.05) is 60.6 Å². The van der Waals surface area contributed by atoms with E-state index in [0.29, 0.717) is 4.83 Å². The SMILES string of the molecule is BrCCCCCC(Br)CBr. The highest BCUT2D eigenvalue weighted by atomic mass is 79.9. The second-order valence-electron chi connectivity index (χ2n) is 2.29. The minimum absolute atomic E-state index is 0.669. The van der Waals surface area contributed by atoms with Crippen LogP contribution in [-0.2, 0) is 0 Å². The van der Waals surface area contributed by atoms with E-state index in [1.54, 1.807) is 0 Å². The first kappa shape index (κ1) is 11.4. The summed E-state index contributed by atoms with van der Waals surface area (Å²) in [5.41, 5.74) is 0. The van der Waals surface area contributed by atoms with Gasteiger partial charge in [-0.2, -0.15) is 0 Å². The first-order chi connectivity index (χ1) is 4.81. The van der Waals surface area contributed by atoms with Gasteiger partial charge in [-0.05, 0) is 12.8 Å². The lowest BCUT2D eigenvalue weighted by Crippen LogP contribution is -1.97. The van der Waals surface area contributed by atoms with Crippen molar-refractivity contribution in [2.45, 2.75) is 30.5 Å². The third-order valence-electron chi connectivity index (χ3n) is 1.32. The van der Waals surface area contributed by atoms with Gasteiger partial charge in [-0.3, -0.25) is 0 Å². The lowest BCUT2D eigenvalue weighted by molar-refractivity contribution is 0.677. The van der Waals surface area contributed by atoms with E-state index in [2.05, 4.69) is 47.8 Å². The van der Waals surface area contributed by atoms with Crippen LogP contribution in [0.2, 0.25) is 0 Å². The van der Waals surface area contributed by atoms with Gasteiger partial charge in [0, 0.05) is 15.5 Å². The summed E-state index contributed by atoms with van der Waals surface area (Å²) in [6.07, 6.45) is 5.29. The van der Waals surface area contributed by atoms with Crippen molar-refractivity contribution in [3.8, 4) is 0 Å². The molecular weight excluding hydrogens is 324 g/mol. The molecule has 0 radical (unpaired) electrons. The van der Waals surface area contributed by atoms with Crippen LogP contribution in [0.15, 0.2) is 0 Å². The van der Waals surface area contributed by atoms with Crippen LogP contribution in [0.25, 0.3) is 0 Å². The zero-order valence-corrected chi connectivity index (χ0v) is 10.7. The maximum Gasteiger partial charge on any atom is 0.0242 e. The van der Waals surface area contributed by atoms with Crippen LogP contribution in [0.3, 0.4) is 0 Å². The molecule has 0 heterocycles. The molecule has 0 aromatic rings. The average Bonchev–Trinajstić information content (AvgIpc) is 1.98. The van der Waals surface area contributed by atoms with Gasteiger partial charge in [0.05, 0.1) is 0 Å². The van der Waals surface area contributed by atoms with Crippen molar-refractivity contribution < 1.29 is 0 Å². The lowest BCUT2D eigenvalue weighted by atomic mass is 10.2. The Hall–Kier alpha value is 1.44. The molecular formula is C7H13Br3. The van der Waals surface area contributed by atoms with E-state index in [9.17, 15) is 0 Å². The summed E-state index contributed by atoms with van der Waals surface area (Å²) in [6, 6.07) is 0. The first-order valence-electron chi connectivity index (χ1n) is 3.57. The predicted molar refractivity (Wildman–Crippen MR) is 58.8 cm³/mol. The lowest BCUT2D eigenvalue weighted by Gasteiger charge is -2.03. The van der Waals surface area contributed by atoms with Crippen molar-refractivity contribution in [1.82, 2.24) is 0 Å². The Morgan fingerprint density at radius 2 is 1.70 bits per heavy atom. The smallest absolute Gasteiger partial charge is 0.0242 e. The fraction of sp³-hybridized carbons (Fsp3) is 1.00. The number of rotatable bonds is 6. The molecule has 0 fully saturated rings. The van der Waals surface area contributed by atoms with Gasteiger partial charge < -0.3 is 0 Å². The standard InChI is InChI=1S/C7H13Br3/c8-5-3-1-2-4-7(10)6-9/h7H,1-6H2. The summed E-state index contributed by atoms with van der Waals surface area (Å²) in [5, 5.41) is 2.22. The molecule has 0 aliphatic carbocycles. The Balaban J connectivity index is 2.89. The van der Waals surface area contributed by atoms with Gasteiger partial charge in [0.2, 0.25) is 0 Å². The van der Waals surface area contributed by atoms with Crippen LogP contribution in [0.5, 0.6) is 0 Å². The molecule has 0 amide bonds. The van der Waals surface area contributed by atoms with Crippen LogP contribution in [0.4, 0.5) is 0 Å². The molecule has 62 valence electrons. The van der Waals surface area contributed by atoms with Crippen LogP contribution >= 0.6 is 47.8 Å². The summed E-state index contributed by atoms with van der Waals surface area (Å²) >= 11 is 10.4. The van der Waals surface area contributed by atoms with Crippen molar-refractivity contribution in [2.24, 2.45) is 0 Å². The molecule has 3 heteroatoms. The molecule has 0 aromatic carbocycles. The zero-order chi connectivity index (χ0) is 7.82. The molecule has 1 unspecified atom stereocenters. The van der Waals surface area contributed by atoms with Crippen LogP contribution in [-0.4, -0.2) is 15.5 Å². The minimum atomic E-state index is 0.669. The van der Waals surface area contributed by atoms with E-state index in [1.165, 1.54) is 25.7 Å². The van der Waals surface area contributed by atoms with Crippen molar-refractivity contribution in [3.05, 3.63) is 0 Å². The Kier molecular flexibility index (Phi) is 9.76. The van der Waals surface area contributed by atoms with E-state index >= 15 is 0 Å². The van der Waals surface area contributed by atoms with Gasteiger partial charge in [-0.25, -0.2) is 0 Å². The number of halogens is 3. The quantitative estimate of drug-likeness (QED) is 0.506. The third-order valence-corrected chi connectivity index (χ3v) is 4.31. The van der Waals surface area contributed by atoms with Crippen LogP contribution in [0, 0.1) is 0 Å². The highest BCUT2D eigenvalue weighted by molar-refractivity contribution is 9.12. The van der Waals surface area contributed by atoms with Gasteiger partial charge in [-0.15, -0.1) is 0 Å². The van der Waals surface area contributed by atoms with E-state index in [-0.39, 0.29) is 0 Å². The Labute approximate surface area is 88.5 Å². The molecule has 0 aromatic heterocycles. The molecule has 0 saturated carbocycles. The molecule has 0 aliphatic rings. The van der Waals surface area contributed by atoms with Gasteiger partial charge in [0.1, 0.15) is 0 Å². The number of unbranched alkanes of at least 4 members (excludes halogenated alkanes) is 2. The van der Waals surface area contributed by atoms with E-state index in [1.807, 2.05) is 0 Å². The van der Waals surface area contributed by atoms with E-state index in [4.69, 9.17) is 0 Å². The predicted octanol–water partition coefficient (Wildman–Crippen LogP) is 4.10. The maximum atomic E-state index is 3.57. The Bertz CT molecular complexity index is 65.9. The fourth-order valence-electron chi connectivity index (χ4n) is 0.714. The molecule has 0 nitrogen and oxygen atoms in total. The Morgan fingerprint density at radius 3 is 2.20 bits per heavy atom. The molecule has 0 rings (SSSR count). The van der Waals surface area contributed by atoms with Crippen molar-refractivity contribution >= 4 is 47.8 Å². The van der Waals surface area contributed by atoms with E-state index in [0.717, 1.165) is 10.7 Å². The fourth-order valence-corrected chi connectivity index (χ4v) is 1.76. The molecule has 10 heavy (non-hydrogen) atoms. The molecule has 1 atom stereocenters. The molecule has 0 bridgehead atoms. The largest absolute Gasteiger partial charge is 0.0928 e. The normalized spacial score (nSPS) is 13.5. The highest BCUT2D eigenvalue weighted by Gasteiger charge is 1.99. The molecule has 0 saturated heterocycles. The van der Waals surface area contributed by atoms with Gasteiger partial charge >= 0.3 is 0 Å². The monoisotopic (exact) mass is 334 g/mol. The van der Waals surface area contributed by atoms with Crippen molar-refractivity contribution in [3.63, 3.8) is 0 Å². The number of alkyl halides is 3. The third kappa shape index (κ3) is 7.55. The zero-order valence-electron chi connectivity index (χ0n) is 5.95. The highest BCUT2D eigenvalue weighted by Crippen LogP contribution is 2.13. The van der Waals surface area contributed by atoms with Crippen molar-refractivity contribution in [2.75, 3.05) is 10.7 Å². The summed E-state index contributed by atoms with van der Waals surface area (Å²) in [7, 11) is 0. The topological polar surface area (TPSA) is 0 Å². The van der Waals surface area contributed by atoms with E-state index < -0.39 is 0 Å². The molecule has 0 N–H and O–H groups in total. The van der Waals surface area contributed by atoms with Crippen LogP contribution < -0.4 is 0 Å². The number of hydrogen-bond donors (Lipinski definition) is 0. The maximum absolute atomic E-state index is 3.57. The summed E-state index contributed by atoms with van der Waals surface area (Å²) in [5.74, 6) is 0. The molecule has 0 spiro atoms. The first-order valence-corrected chi connectivity index (χ1v) is 6.73. The van der Waals surface area contributed by atoms with Gasteiger partial charge in [0.25, 0.3) is 0 Å². The Morgan fingerprint density at radius 1 is 1.00 bits per heavy atom. The van der Waals surface area contributed by atoms with Crippen LogP contribution in [0.1, 0.15) is 25.7 Å². The van der Waals surface area contributed by atoms with Crippen molar-refractivity contribution in [1.29, 1.82) is 0 Å². The summed E-state index contributed by atoms with van der Waals surface area (Å²) < 4.78 is 0. The molecule has 0 aliphatic heterocycles. The second-order valence-corrected chi connectivity index (χ2v) is 5.03. The average molecular weight is 337 g/mol. The van der Waals surface area contributed by atoms with Gasteiger partial charge in [0.15, 0.2) is 0 Å². The summed E-state index contributed by atoms with van der Waals surface area (Å²) in [4.78, 5) is 0.669. The number of hydrogen-bond acceptors (Lipinski definition) is 0.